The van der Waals surface area contributed by atoms with E-state index in [2.05, 4.69) is 40.9 Å². The lowest BCUT2D eigenvalue weighted by atomic mass is 10.1. The number of nitrogens with one attached hydrogen (secondary N) is 1. The molecule has 5 nitrogen and oxygen atoms in total. The number of hydrogen-bond acceptors (Lipinski definition) is 4. The van der Waals surface area contributed by atoms with Crippen molar-refractivity contribution in [2.24, 2.45) is 0 Å². The maximum Gasteiger partial charge on any atom is 0.297 e. The van der Waals surface area contributed by atoms with Gasteiger partial charge in [-0.1, -0.05) is 37.3 Å². The fourth-order valence-corrected chi connectivity index (χ4v) is 4.01. The van der Waals surface area contributed by atoms with Gasteiger partial charge in [-0.25, -0.2) is 0 Å². The number of benzene rings is 1. The van der Waals surface area contributed by atoms with E-state index >= 15 is 0 Å². The van der Waals surface area contributed by atoms with E-state index in [0.717, 1.165) is 40.4 Å². The molecule has 4 rings (SSSR count). The lowest BCUT2D eigenvalue weighted by Gasteiger charge is -2.04. The third-order valence-corrected chi connectivity index (χ3v) is 5.68. The van der Waals surface area contributed by atoms with E-state index < -0.39 is 11.7 Å². The van der Waals surface area contributed by atoms with Crippen molar-refractivity contribution in [3.63, 3.8) is 0 Å². The molecule has 146 valence electrons. The van der Waals surface area contributed by atoms with Gasteiger partial charge in [-0.05, 0) is 60.3 Å². The molecule has 3 heterocycles. The van der Waals surface area contributed by atoms with Gasteiger partial charge in [0.05, 0.1) is 16.8 Å². The first-order valence-corrected chi connectivity index (χ1v) is 10.3. The molecule has 1 aromatic carbocycles. The molecule has 0 aliphatic rings. The standard InChI is InChI=1S/C23H21N3O2S/c1-3-16-7-9-17(10-8-16)13-18-14-19(20-6-4-5-11-26(18)20)22(27)23(28)24-21-12-15(2)25-29-21/h4-12,14H,3,13H2,1-2H3,(H,24,28). The molecule has 6 heteroatoms. The van der Waals surface area contributed by atoms with Crippen LogP contribution in [0.25, 0.3) is 5.52 Å². The fraction of sp³-hybridized carbons (Fsp3) is 0.174. The van der Waals surface area contributed by atoms with E-state index in [4.69, 9.17) is 0 Å². The van der Waals surface area contributed by atoms with Crippen molar-refractivity contribution in [3.8, 4) is 0 Å². The van der Waals surface area contributed by atoms with Gasteiger partial charge in [-0.3, -0.25) is 9.59 Å². The van der Waals surface area contributed by atoms with Crippen LogP contribution >= 0.6 is 11.5 Å². The predicted octanol–water partition coefficient (Wildman–Crippen LogP) is 4.68. The molecular formula is C23H21N3O2S. The lowest BCUT2D eigenvalue weighted by Crippen LogP contribution is -2.22. The second-order valence-corrected chi connectivity index (χ2v) is 7.77. The summed E-state index contributed by atoms with van der Waals surface area (Å²) in [6, 6.07) is 17.7. The normalized spacial score (nSPS) is 11.0. The minimum Gasteiger partial charge on any atom is -0.320 e. The topological polar surface area (TPSA) is 63.5 Å². The van der Waals surface area contributed by atoms with Crippen LogP contribution in [0.1, 0.15) is 39.8 Å². The van der Waals surface area contributed by atoms with Crippen LogP contribution in [0.2, 0.25) is 0 Å². The zero-order valence-electron chi connectivity index (χ0n) is 16.3. The van der Waals surface area contributed by atoms with E-state index in [-0.39, 0.29) is 0 Å². The molecule has 0 fully saturated rings. The van der Waals surface area contributed by atoms with Crippen LogP contribution in [0, 0.1) is 6.92 Å². The van der Waals surface area contributed by atoms with Crippen LogP contribution in [0.3, 0.4) is 0 Å². The molecule has 0 radical (unpaired) electrons. The highest BCUT2D eigenvalue weighted by Gasteiger charge is 2.22. The van der Waals surface area contributed by atoms with Crippen LogP contribution in [0.4, 0.5) is 5.00 Å². The molecule has 3 aromatic heterocycles. The third kappa shape index (κ3) is 3.98. The monoisotopic (exact) mass is 403 g/mol. The molecule has 0 atom stereocenters. The van der Waals surface area contributed by atoms with Crippen LogP contribution in [0.5, 0.6) is 0 Å². The van der Waals surface area contributed by atoms with Crippen LogP contribution in [-0.4, -0.2) is 20.5 Å². The molecule has 1 N–H and O–H groups in total. The number of pyridine rings is 1. The molecule has 29 heavy (non-hydrogen) atoms. The molecule has 0 saturated heterocycles. The second-order valence-electron chi connectivity index (χ2n) is 6.97. The Hall–Kier alpha value is -3.25. The van der Waals surface area contributed by atoms with Crippen molar-refractivity contribution in [2.45, 2.75) is 26.7 Å². The predicted molar refractivity (Wildman–Crippen MR) is 116 cm³/mol. The van der Waals surface area contributed by atoms with Gasteiger partial charge in [0.15, 0.2) is 0 Å². The Morgan fingerprint density at radius 3 is 2.52 bits per heavy atom. The van der Waals surface area contributed by atoms with Gasteiger partial charge in [0.25, 0.3) is 11.7 Å². The van der Waals surface area contributed by atoms with E-state index in [1.54, 1.807) is 6.07 Å². The summed E-state index contributed by atoms with van der Waals surface area (Å²) in [6.07, 6.45) is 3.60. The number of Topliss-reactive ketones (excluding diaryl/α,β-unsaturated/α-hetero) is 1. The smallest absolute Gasteiger partial charge is 0.297 e. The molecule has 1 amide bonds. The molecular weight excluding hydrogens is 382 g/mol. The van der Waals surface area contributed by atoms with E-state index in [0.29, 0.717) is 17.0 Å². The Labute approximate surface area is 173 Å². The number of nitrogens with zero attached hydrogens (tertiary/aromatic N) is 2. The summed E-state index contributed by atoms with van der Waals surface area (Å²) >= 11 is 1.16. The fourth-order valence-electron chi connectivity index (χ4n) is 3.36. The van der Waals surface area contributed by atoms with Crippen molar-refractivity contribution in [3.05, 3.63) is 88.9 Å². The summed E-state index contributed by atoms with van der Waals surface area (Å²) in [5.41, 5.74) is 5.37. The summed E-state index contributed by atoms with van der Waals surface area (Å²) in [7, 11) is 0. The molecule has 0 unspecified atom stereocenters. The average Bonchev–Trinajstić information content (AvgIpc) is 3.31. The van der Waals surface area contributed by atoms with Gasteiger partial charge in [-0.15, -0.1) is 0 Å². The second kappa shape index (κ2) is 8.01. The summed E-state index contributed by atoms with van der Waals surface area (Å²) in [4.78, 5) is 25.4. The number of ketones is 1. The molecule has 4 aromatic rings. The summed E-state index contributed by atoms with van der Waals surface area (Å²) in [5.74, 6) is -1.20. The first kappa shape index (κ1) is 19.1. The number of anilines is 1. The average molecular weight is 404 g/mol. The molecule has 0 bridgehead atoms. The van der Waals surface area contributed by atoms with E-state index in [9.17, 15) is 9.59 Å². The summed E-state index contributed by atoms with van der Waals surface area (Å²) < 4.78 is 6.10. The Morgan fingerprint density at radius 1 is 1.07 bits per heavy atom. The first-order chi connectivity index (χ1) is 14.0. The van der Waals surface area contributed by atoms with Crippen LogP contribution in [-0.2, 0) is 17.6 Å². The molecule has 0 saturated carbocycles. The Balaban J connectivity index is 1.64. The van der Waals surface area contributed by atoms with Gasteiger partial charge in [0.1, 0.15) is 5.00 Å². The third-order valence-electron chi connectivity index (χ3n) is 4.89. The van der Waals surface area contributed by atoms with Crippen molar-refractivity contribution in [1.82, 2.24) is 8.77 Å². The van der Waals surface area contributed by atoms with E-state index in [1.807, 2.05) is 41.8 Å². The highest BCUT2D eigenvalue weighted by atomic mass is 32.1. The number of carbonyl (C=O) groups is 2. The Morgan fingerprint density at radius 2 is 1.83 bits per heavy atom. The van der Waals surface area contributed by atoms with Gasteiger partial charge in [0.2, 0.25) is 0 Å². The van der Waals surface area contributed by atoms with Gasteiger partial charge in [0, 0.05) is 18.3 Å². The van der Waals surface area contributed by atoms with Crippen molar-refractivity contribution < 1.29 is 9.59 Å². The van der Waals surface area contributed by atoms with Crippen LogP contribution in [0.15, 0.2) is 60.8 Å². The lowest BCUT2D eigenvalue weighted by molar-refractivity contribution is -0.112. The minimum absolute atomic E-state index is 0.407. The number of carbonyl (C=O) groups excluding carboxylic acids is 2. The highest BCUT2D eigenvalue weighted by Crippen LogP contribution is 2.22. The Bertz CT molecular complexity index is 1190. The number of hydrogen-bond donors (Lipinski definition) is 1. The molecule has 0 aliphatic carbocycles. The molecule has 0 aliphatic heterocycles. The number of aryl methyl sites for hydroxylation is 2. The van der Waals surface area contributed by atoms with Crippen molar-refractivity contribution in [2.75, 3.05) is 5.32 Å². The summed E-state index contributed by atoms with van der Waals surface area (Å²) in [5, 5.41) is 3.23. The quantitative estimate of drug-likeness (QED) is 0.376. The van der Waals surface area contributed by atoms with Crippen molar-refractivity contribution >= 4 is 33.7 Å². The number of aromatic nitrogens is 2. The van der Waals surface area contributed by atoms with Gasteiger partial charge in [-0.2, -0.15) is 4.37 Å². The molecule has 0 spiro atoms. The van der Waals surface area contributed by atoms with Crippen LogP contribution < -0.4 is 5.32 Å². The SMILES string of the molecule is CCc1ccc(Cc2cc(C(=O)C(=O)Nc3cc(C)ns3)c3ccccn23)cc1. The Kier molecular flexibility index (Phi) is 5.27. The minimum atomic E-state index is -0.649. The number of amides is 1. The zero-order valence-corrected chi connectivity index (χ0v) is 17.1. The first-order valence-electron chi connectivity index (χ1n) is 9.51. The van der Waals surface area contributed by atoms with Gasteiger partial charge >= 0.3 is 0 Å². The maximum atomic E-state index is 12.9. The maximum absolute atomic E-state index is 12.9. The highest BCUT2D eigenvalue weighted by molar-refractivity contribution is 7.10. The number of fused-ring (bicyclic) bond motifs is 1. The van der Waals surface area contributed by atoms with E-state index in [1.165, 1.54) is 5.56 Å². The zero-order chi connectivity index (χ0) is 20.4. The van der Waals surface area contributed by atoms with Crippen molar-refractivity contribution in [1.29, 1.82) is 0 Å². The number of rotatable bonds is 6. The van der Waals surface area contributed by atoms with Gasteiger partial charge < -0.3 is 9.72 Å². The largest absolute Gasteiger partial charge is 0.320 e. The summed E-state index contributed by atoms with van der Waals surface area (Å²) in [6.45, 7) is 3.97.